The third-order valence-corrected chi connectivity index (χ3v) is 4.61. The van der Waals surface area contributed by atoms with Gasteiger partial charge in [-0.3, -0.25) is 0 Å². The maximum Gasteiger partial charge on any atom is 0.322 e. The number of nitrogen functional groups attached to an aromatic ring is 1. The summed E-state index contributed by atoms with van der Waals surface area (Å²) >= 11 is 0. The number of nitrogens with one attached hydrogen (secondary N) is 1. The first-order valence-corrected chi connectivity index (χ1v) is 6.97. The Morgan fingerprint density at radius 1 is 1.26 bits per heavy atom. The minimum atomic E-state index is 0.189. The van der Waals surface area contributed by atoms with E-state index in [0.29, 0.717) is 12.0 Å². The van der Waals surface area contributed by atoms with E-state index in [0.717, 1.165) is 17.8 Å². The van der Waals surface area contributed by atoms with Crippen molar-refractivity contribution >= 4 is 11.9 Å². The number of hydrogen-bond acceptors (Lipinski definition) is 6. The zero-order valence-corrected chi connectivity index (χ0v) is 11.5. The summed E-state index contributed by atoms with van der Waals surface area (Å²) in [5.41, 5.74) is 5.64. The largest absolute Gasteiger partial charge is 0.467 e. The zero-order chi connectivity index (χ0) is 13.4. The van der Waals surface area contributed by atoms with Crippen LogP contribution in [0.1, 0.15) is 32.6 Å². The fraction of sp³-hybridized carbons (Fsp3) is 0.769. The van der Waals surface area contributed by atoms with Gasteiger partial charge in [0.2, 0.25) is 11.9 Å². The van der Waals surface area contributed by atoms with Crippen LogP contribution in [0.3, 0.4) is 0 Å². The predicted molar refractivity (Wildman–Crippen MR) is 72.8 cm³/mol. The topological polar surface area (TPSA) is 86.0 Å². The van der Waals surface area contributed by atoms with Crippen molar-refractivity contribution in [2.24, 2.45) is 17.8 Å². The maximum absolute atomic E-state index is 5.64. The number of methoxy groups -OCH3 is 1. The number of aromatic nitrogens is 3. The van der Waals surface area contributed by atoms with Gasteiger partial charge in [0.1, 0.15) is 0 Å². The minimum absolute atomic E-state index is 0.189. The third kappa shape index (κ3) is 2.43. The van der Waals surface area contributed by atoms with Crippen LogP contribution in [0, 0.1) is 17.8 Å². The molecule has 2 bridgehead atoms. The molecule has 6 nitrogen and oxygen atoms in total. The molecule has 2 aliphatic rings. The van der Waals surface area contributed by atoms with Gasteiger partial charge in [-0.25, -0.2) is 0 Å². The van der Waals surface area contributed by atoms with E-state index in [1.807, 2.05) is 0 Å². The van der Waals surface area contributed by atoms with Crippen LogP contribution < -0.4 is 15.8 Å². The maximum atomic E-state index is 5.64. The number of nitrogens with zero attached hydrogens (tertiary/aromatic N) is 3. The van der Waals surface area contributed by atoms with E-state index >= 15 is 0 Å². The van der Waals surface area contributed by atoms with Crippen molar-refractivity contribution in [2.45, 2.75) is 38.6 Å². The van der Waals surface area contributed by atoms with Gasteiger partial charge < -0.3 is 15.8 Å². The second kappa shape index (κ2) is 4.83. The molecule has 1 heterocycles. The lowest BCUT2D eigenvalue weighted by Gasteiger charge is -2.28. The number of ether oxygens (including phenoxy) is 1. The molecular formula is C13H21N5O. The lowest BCUT2D eigenvalue weighted by molar-refractivity contribution is 0.303. The lowest BCUT2D eigenvalue weighted by Crippen LogP contribution is -2.30. The Kier molecular flexibility index (Phi) is 3.16. The van der Waals surface area contributed by atoms with Gasteiger partial charge in [-0.2, -0.15) is 15.0 Å². The summed E-state index contributed by atoms with van der Waals surface area (Å²) in [5.74, 6) is 3.24. The van der Waals surface area contributed by atoms with Gasteiger partial charge in [-0.1, -0.05) is 6.42 Å². The molecule has 104 valence electrons. The second-order valence-electron chi connectivity index (χ2n) is 5.78. The van der Waals surface area contributed by atoms with E-state index in [4.69, 9.17) is 10.5 Å². The summed E-state index contributed by atoms with van der Waals surface area (Å²) in [6, 6.07) is 0.622. The average Bonchev–Trinajstić information content (AvgIpc) is 3.00. The van der Waals surface area contributed by atoms with Gasteiger partial charge >= 0.3 is 6.01 Å². The molecule has 3 rings (SSSR count). The van der Waals surface area contributed by atoms with Crippen LogP contribution >= 0.6 is 0 Å². The van der Waals surface area contributed by atoms with E-state index in [1.54, 1.807) is 0 Å². The first-order valence-electron chi connectivity index (χ1n) is 6.97. The molecule has 4 atom stereocenters. The Labute approximate surface area is 113 Å². The highest BCUT2D eigenvalue weighted by Crippen LogP contribution is 2.49. The van der Waals surface area contributed by atoms with Crippen LogP contribution in [0.4, 0.5) is 11.9 Å². The summed E-state index contributed by atoms with van der Waals surface area (Å²) < 4.78 is 5.01. The van der Waals surface area contributed by atoms with Crippen LogP contribution in [-0.2, 0) is 0 Å². The zero-order valence-electron chi connectivity index (χ0n) is 11.5. The standard InChI is InChI=1S/C13H21N5O/c1-7(10-6-8-3-4-9(10)5-8)15-12-16-11(14)17-13(18-12)19-2/h7-10H,3-6H2,1-2H3,(H3,14,15,16,17,18). The lowest BCUT2D eigenvalue weighted by atomic mass is 9.84. The average molecular weight is 263 g/mol. The monoisotopic (exact) mass is 263 g/mol. The van der Waals surface area contributed by atoms with Gasteiger partial charge in [0.25, 0.3) is 0 Å². The van der Waals surface area contributed by atoms with Crippen LogP contribution in [0.5, 0.6) is 6.01 Å². The van der Waals surface area contributed by atoms with Gasteiger partial charge in [-0.15, -0.1) is 0 Å². The fourth-order valence-electron chi connectivity index (χ4n) is 3.74. The van der Waals surface area contributed by atoms with Gasteiger partial charge in [-0.05, 0) is 43.9 Å². The molecule has 0 aromatic carbocycles. The molecule has 2 saturated carbocycles. The summed E-state index contributed by atoms with van der Waals surface area (Å²) in [4.78, 5) is 12.2. The highest BCUT2D eigenvalue weighted by molar-refractivity contribution is 5.33. The van der Waals surface area contributed by atoms with Crippen LogP contribution in [-0.4, -0.2) is 28.1 Å². The number of nitrogens with two attached hydrogens (primary N) is 1. The SMILES string of the molecule is COc1nc(N)nc(NC(C)C2CC3CCC2C3)n1. The molecule has 4 unspecified atom stereocenters. The first-order chi connectivity index (χ1) is 9.15. The van der Waals surface area contributed by atoms with Gasteiger partial charge in [0.05, 0.1) is 7.11 Å². The van der Waals surface area contributed by atoms with E-state index in [2.05, 4.69) is 27.2 Å². The van der Waals surface area contributed by atoms with Crippen molar-refractivity contribution in [3.05, 3.63) is 0 Å². The van der Waals surface area contributed by atoms with Crippen LogP contribution in [0.15, 0.2) is 0 Å². The quantitative estimate of drug-likeness (QED) is 0.860. The van der Waals surface area contributed by atoms with Crippen molar-refractivity contribution in [3.63, 3.8) is 0 Å². The number of hydrogen-bond donors (Lipinski definition) is 2. The predicted octanol–water partition coefficient (Wildman–Crippen LogP) is 1.70. The molecular weight excluding hydrogens is 242 g/mol. The summed E-state index contributed by atoms with van der Waals surface area (Å²) in [6.45, 7) is 2.21. The van der Waals surface area contributed by atoms with Crippen LogP contribution in [0.25, 0.3) is 0 Å². The molecule has 2 aliphatic carbocycles. The molecule has 0 aliphatic heterocycles. The molecule has 19 heavy (non-hydrogen) atoms. The fourth-order valence-corrected chi connectivity index (χ4v) is 3.74. The van der Waals surface area contributed by atoms with Crippen molar-refractivity contribution < 1.29 is 4.74 Å². The molecule has 0 radical (unpaired) electrons. The van der Waals surface area contributed by atoms with Gasteiger partial charge in [0.15, 0.2) is 0 Å². The molecule has 0 amide bonds. The van der Waals surface area contributed by atoms with E-state index in [1.165, 1.54) is 32.8 Å². The highest BCUT2D eigenvalue weighted by Gasteiger charge is 2.41. The van der Waals surface area contributed by atoms with Crippen molar-refractivity contribution in [1.82, 2.24) is 15.0 Å². The molecule has 1 aromatic heterocycles. The first kappa shape index (κ1) is 12.4. The Bertz CT molecular complexity index is 466. The van der Waals surface area contributed by atoms with Crippen molar-refractivity contribution in [1.29, 1.82) is 0 Å². The molecule has 1 aromatic rings. The highest BCUT2D eigenvalue weighted by atomic mass is 16.5. The Morgan fingerprint density at radius 3 is 2.74 bits per heavy atom. The Balaban J connectivity index is 1.69. The van der Waals surface area contributed by atoms with Crippen molar-refractivity contribution in [2.75, 3.05) is 18.2 Å². The Hall–Kier alpha value is -1.59. The van der Waals surface area contributed by atoms with E-state index < -0.39 is 0 Å². The van der Waals surface area contributed by atoms with E-state index in [9.17, 15) is 0 Å². The van der Waals surface area contributed by atoms with Crippen LogP contribution in [0.2, 0.25) is 0 Å². The molecule has 6 heteroatoms. The van der Waals surface area contributed by atoms with E-state index in [-0.39, 0.29) is 12.0 Å². The van der Waals surface area contributed by atoms with Crippen molar-refractivity contribution in [3.8, 4) is 6.01 Å². The molecule has 0 spiro atoms. The Morgan fingerprint density at radius 2 is 2.11 bits per heavy atom. The third-order valence-electron chi connectivity index (χ3n) is 4.61. The molecule has 3 N–H and O–H groups in total. The summed E-state index contributed by atoms with van der Waals surface area (Å²) in [7, 11) is 1.53. The summed E-state index contributed by atoms with van der Waals surface area (Å²) in [6.07, 6.45) is 5.53. The van der Waals surface area contributed by atoms with Gasteiger partial charge in [0, 0.05) is 6.04 Å². The number of rotatable bonds is 4. The number of fused-ring (bicyclic) bond motifs is 2. The normalized spacial score (nSPS) is 30.3. The molecule has 0 saturated heterocycles. The minimum Gasteiger partial charge on any atom is -0.467 e. The smallest absolute Gasteiger partial charge is 0.322 e. The number of anilines is 2. The molecule has 2 fully saturated rings. The second-order valence-corrected chi connectivity index (χ2v) is 5.78. The summed E-state index contributed by atoms with van der Waals surface area (Å²) in [5, 5.41) is 3.36.